The Hall–Kier alpha value is -1.26. The highest BCUT2D eigenvalue weighted by Crippen LogP contribution is 2.28. The van der Waals surface area contributed by atoms with E-state index in [4.69, 9.17) is 5.11 Å². The molecule has 0 radical (unpaired) electrons. The summed E-state index contributed by atoms with van der Waals surface area (Å²) in [6.07, 6.45) is -8.66. The Morgan fingerprint density at radius 1 is 1.21 bits per heavy atom. The number of hydrogen-bond donors (Lipinski definition) is 1. The highest BCUT2D eigenvalue weighted by molar-refractivity contribution is 5.32. The van der Waals surface area contributed by atoms with Crippen LogP contribution >= 0.6 is 0 Å². The topological polar surface area (TPSA) is 20.2 Å². The van der Waals surface area contributed by atoms with Crippen LogP contribution in [0, 0.1) is 0 Å². The molecule has 0 aliphatic heterocycles. The SMILES string of the molecule is Oc1ccccc1CC(F)C(F)(F)F. The molecule has 1 rings (SSSR count). The van der Waals surface area contributed by atoms with Crippen molar-refractivity contribution in [1.82, 2.24) is 0 Å². The molecule has 78 valence electrons. The van der Waals surface area contributed by atoms with E-state index < -0.39 is 18.8 Å². The summed E-state index contributed by atoms with van der Waals surface area (Å²) < 4.78 is 48.0. The fourth-order valence-corrected chi connectivity index (χ4v) is 0.992. The van der Waals surface area contributed by atoms with E-state index in [0.717, 1.165) is 0 Å². The van der Waals surface area contributed by atoms with E-state index in [1.165, 1.54) is 24.3 Å². The molecule has 0 aliphatic carbocycles. The zero-order chi connectivity index (χ0) is 10.8. The molecule has 0 saturated carbocycles. The minimum Gasteiger partial charge on any atom is -0.508 e. The molecular formula is C9H8F4O. The van der Waals surface area contributed by atoms with Crippen molar-refractivity contribution >= 4 is 0 Å². The van der Waals surface area contributed by atoms with Crippen LogP contribution in [0.1, 0.15) is 5.56 Å². The fourth-order valence-electron chi connectivity index (χ4n) is 0.992. The standard InChI is InChI=1S/C9H8F4O/c10-8(9(11,12)13)5-6-3-1-2-4-7(6)14/h1-4,8,14H,5H2. The van der Waals surface area contributed by atoms with E-state index in [1.54, 1.807) is 0 Å². The van der Waals surface area contributed by atoms with Crippen LogP contribution < -0.4 is 0 Å². The van der Waals surface area contributed by atoms with Crippen molar-refractivity contribution < 1.29 is 22.7 Å². The molecule has 0 aliphatic rings. The number of hydrogen-bond acceptors (Lipinski definition) is 1. The highest BCUT2D eigenvalue weighted by atomic mass is 19.4. The van der Waals surface area contributed by atoms with Gasteiger partial charge in [-0.1, -0.05) is 18.2 Å². The summed E-state index contributed by atoms with van der Waals surface area (Å²) in [6.45, 7) is 0. The Balaban J connectivity index is 2.75. The lowest BCUT2D eigenvalue weighted by Gasteiger charge is -2.12. The predicted octanol–water partition coefficient (Wildman–Crippen LogP) is 2.84. The lowest BCUT2D eigenvalue weighted by atomic mass is 10.1. The summed E-state index contributed by atoms with van der Waals surface area (Å²) in [5.74, 6) is -0.320. The summed E-state index contributed by atoms with van der Waals surface area (Å²) in [6, 6.07) is 5.38. The number of para-hydroxylation sites is 1. The highest BCUT2D eigenvalue weighted by Gasteiger charge is 2.40. The molecule has 1 unspecified atom stereocenters. The third kappa shape index (κ3) is 2.61. The van der Waals surface area contributed by atoms with Crippen LogP contribution in [0.25, 0.3) is 0 Å². The summed E-state index contributed by atoms with van der Waals surface area (Å²) in [5.41, 5.74) is -0.0441. The molecule has 5 heteroatoms. The number of phenolic OH excluding ortho intramolecular Hbond substituents is 1. The van der Waals surface area contributed by atoms with Gasteiger partial charge in [-0.2, -0.15) is 13.2 Å². The van der Waals surface area contributed by atoms with Gasteiger partial charge in [0.1, 0.15) is 5.75 Å². The Morgan fingerprint density at radius 2 is 1.79 bits per heavy atom. The van der Waals surface area contributed by atoms with Gasteiger partial charge in [-0.15, -0.1) is 0 Å². The number of alkyl halides is 4. The van der Waals surface area contributed by atoms with Gasteiger partial charge in [0.05, 0.1) is 0 Å². The van der Waals surface area contributed by atoms with Gasteiger partial charge in [0.2, 0.25) is 0 Å². The third-order valence-electron chi connectivity index (χ3n) is 1.75. The summed E-state index contributed by atoms with van der Waals surface area (Å²) in [4.78, 5) is 0. The first kappa shape index (κ1) is 10.8. The van der Waals surface area contributed by atoms with Crippen molar-refractivity contribution in [3.05, 3.63) is 29.8 Å². The van der Waals surface area contributed by atoms with Crippen LogP contribution in [-0.2, 0) is 6.42 Å². The second-order valence-corrected chi connectivity index (χ2v) is 2.84. The monoisotopic (exact) mass is 208 g/mol. The Bertz CT molecular complexity index is 308. The van der Waals surface area contributed by atoms with Crippen molar-refractivity contribution in [3.63, 3.8) is 0 Å². The van der Waals surface area contributed by atoms with Crippen molar-refractivity contribution in [3.8, 4) is 5.75 Å². The molecule has 0 bridgehead atoms. The lowest BCUT2D eigenvalue weighted by molar-refractivity contribution is -0.179. The van der Waals surface area contributed by atoms with Gasteiger partial charge in [0, 0.05) is 6.42 Å². The molecule has 1 atom stereocenters. The number of benzene rings is 1. The number of phenols is 1. The van der Waals surface area contributed by atoms with E-state index in [9.17, 15) is 17.6 Å². The van der Waals surface area contributed by atoms with Crippen molar-refractivity contribution in [2.24, 2.45) is 0 Å². The third-order valence-corrected chi connectivity index (χ3v) is 1.75. The number of halogens is 4. The smallest absolute Gasteiger partial charge is 0.419 e. The average molecular weight is 208 g/mol. The van der Waals surface area contributed by atoms with Gasteiger partial charge in [-0.25, -0.2) is 4.39 Å². The molecule has 0 saturated heterocycles. The molecule has 0 amide bonds. The first-order valence-electron chi connectivity index (χ1n) is 3.89. The van der Waals surface area contributed by atoms with Crippen LogP contribution in [0.5, 0.6) is 5.75 Å². The first-order valence-corrected chi connectivity index (χ1v) is 3.89. The van der Waals surface area contributed by atoms with Gasteiger partial charge in [0.15, 0.2) is 6.17 Å². The second kappa shape index (κ2) is 3.86. The Morgan fingerprint density at radius 3 is 2.29 bits per heavy atom. The van der Waals surface area contributed by atoms with Crippen molar-refractivity contribution in [2.45, 2.75) is 18.8 Å². The number of aromatic hydroxyl groups is 1. The lowest BCUT2D eigenvalue weighted by Crippen LogP contribution is -2.26. The van der Waals surface area contributed by atoms with Crippen LogP contribution in [0.4, 0.5) is 17.6 Å². The fraction of sp³-hybridized carbons (Fsp3) is 0.333. The molecule has 0 spiro atoms. The predicted molar refractivity (Wildman–Crippen MR) is 42.8 cm³/mol. The summed E-state index contributed by atoms with van der Waals surface area (Å²) in [7, 11) is 0. The van der Waals surface area contributed by atoms with Crippen molar-refractivity contribution in [1.29, 1.82) is 0 Å². The first-order chi connectivity index (χ1) is 6.41. The quantitative estimate of drug-likeness (QED) is 0.741. The normalized spacial score (nSPS) is 14.0. The second-order valence-electron chi connectivity index (χ2n) is 2.84. The largest absolute Gasteiger partial charge is 0.508 e. The van der Waals surface area contributed by atoms with Crippen LogP contribution in [0.15, 0.2) is 24.3 Å². The average Bonchev–Trinajstić information content (AvgIpc) is 2.07. The van der Waals surface area contributed by atoms with Crippen LogP contribution in [0.2, 0.25) is 0 Å². The minimum absolute atomic E-state index is 0.0441. The molecule has 0 heterocycles. The van der Waals surface area contributed by atoms with E-state index in [2.05, 4.69) is 0 Å². The maximum absolute atomic E-state index is 12.5. The Labute approximate surface area is 78.0 Å². The molecule has 1 aromatic rings. The molecule has 1 nitrogen and oxygen atoms in total. The van der Waals surface area contributed by atoms with Gasteiger partial charge in [-0.05, 0) is 11.6 Å². The zero-order valence-corrected chi connectivity index (χ0v) is 7.05. The van der Waals surface area contributed by atoms with Crippen molar-refractivity contribution in [2.75, 3.05) is 0 Å². The summed E-state index contributed by atoms with van der Waals surface area (Å²) >= 11 is 0. The zero-order valence-electron chi connectivity index (χ0n) is 7.05. The van der Waals surface area contributed by atoms with Gasteiger partial charge >= 0.3 is 6.18 Å². The molecule has 0 fully saturated rings. The Kier molecular flexibility index (Phi) is 2.98. The van der Waals surface area contributed by atoms with E-state index >= 15 is 0 Å². The minimum atomic E-state index is -4.87. The maximum Gasteiger partial charge on any atom is 0.419 e. The summed E-state index contributed by atoms with van der Waals surface area (Å²) in [5, 5.41) is 9.09. The van der Waals surface area contributed by atoms with Crippen LogP contribution in [-0.4, -0.2) is 17.5 Å². The van der Waals surface area contributed by atoms with Gasteiger partial charge in [0.25, 0.3) is 0 Å². The van der Waals surface area contributed by atoms with Gasteiger partial charge < -0.3 is 5.11 Å². The van der Waals surface area contributed by atoms with Gasteiger partial charge in [-0.3, -0.25) is 0 Å². The molecule has 1 N–H and O–H groups in total. The van der Waals surface area contributed by atoms with E-state index in [0.29, 0.717) is 0 Å². The maximum atomic E-state index is 12.5. The number of rotatable bonds is 2. The molecule has 1 aromatic carbocycles. The van der Waals surface area contributed by atoms with E-state index in [-0.39, 0.29) is 11.3 Å². The molecule has 0 aromatic heterocycles. The molecule has 14 heavy (non-hydrogen) atoms. The van der Waals surface area contributed by atoms with E-state index in [1.807, 2.05) is 0 Å². The van der Waals surface area contributed by atoms with Crippen LogP contribution in [0.3, 0.4) is 0 Å². The molecular weight excluding hydrogens is 200 g/mol.